The highest BCUT2D eigenvalue weighted by atomic mass is 32.2. The van der Waals surface area contributed by atoms with E-state index in [1.165, 1.54) is 14.2 Å². The third kappa shape index (κ3) is 4.19. The molecule has 1 N–H and O–H groups in total. The van der Waals surface area contributed by atoms with E-state index < -0.39 is 9.84 Å². The predicted molar refractivity (Wildman–Crippen MR) is 95.7 cm³/mol. The molecule has 8 heteroatoms. The Kier molecular flexibility index (Phi) is 5.52. The van der Waals surface area contributed by atoms with Crippen LogP contribution in [0.3, 0.4) is 0 Å². The largest absolute Gasteiger partial charge is 0.495 e. The van der Waals surface area contributed by atoms with Crippen LogP contribution in [0.2, 0.25) is 0 Å². The summed E-state index contributed by atoms with van der Waals surface area (Å²) in [5, 5.41) is 4.12. The molecule has 1 aliphatic heterocycles. The fourth-order valence-corrected chi connectivity index (χ4v) is 3.82. The minimum absolute atomic E-state index is 0.00378. The summed E-state index contributed by atoms with van der Waals surface area (Å²) >= 11 is 0. The summed E-state index contributed by atoms with van der Waals surface area (Å²) in [6.07, 6.45) is 3.34. The van der Waals surface area contributed by atoms with Crippen LogP contribution in [0.5, 0.6) is 11.5 Å². The van der Waals surface area contributed by atoms with Gasteiger partial charge in [0.2, 0.25) is 5.91 Å². The molecule has 2 rings (SSSR count). The van der Waals surface area contributed by atoms with Crippen molar-refractivity contribution in [1.82, 2.24) is 5.43 Å². The molecule has 1 aliphatic rings. The lowest BCUT2D eigenvalue weighted by molar-refractivity contribution is -0.121. The van der Waals surface area contributed by atoms with Gasteiger partial charge in [0.1, 0.15) is 11.5 Å². The molecule has 0 radical (unpaired) electrons. The Balaban J connectivity index is 2.52. The van der Waals surface area contributed by atoms with E-state index in [1.807, 2.05) is 19.9 Å². The van der Waals surface area contributed by atoms with Gasteiger partial charge in [0, 0.05) is 18.6 Å². The van der Waals surface area contributed by atoms with Crippen LogP contribution in [0.1, 0.15) is 25.8 Å². The van der Waals surface area contributed by atoms with Crippen molar-refractivity contribution in [2.75, 3.05) is 20.5 Å². The van der Waals surface area contributed by atoms with Crippen LogP contribution < -0.4 is 14.9 Å². The van der Waals surface area contributed by atoms with Gasteiger partial charge in [-0.15, -0.1) is 0 Å². The molecule has 7 nitrogen and oxygen atoms in total. The molecule has 0 saturated carbocycles. The van der Waals surface area contributed by atoms with Crippen molar-refractivity contribution in [2.45, 2.75) is 25.2 Å². The zero-order valence-electron chi connectivity index (χ0n) is 14.9. The Hall–Kier alpha value is -2.35. The maximum atomic E-state index is 12.0. The first kappa shape index (κ1) is 19.0. The molecule has 0 bridgehead atoms. The van der Waals surface area contributed by atoms with Crippen LogP contribution in [0.25, 0.3) is 6.08 Å². The molecule has 1 aromatic carbocycles. The minimum Gasteiger partial charge on any atom is -0.495 e. The Morgan fingerprint density at radius 1 is 1.28 bits per heavy atom. The lowest BCUT2D eigenvalue weighted by Gasteiger charge is -2.19. The molecule has 136 valence electrons. The normalized spacial score (nSPS) is 18.4. The van der Waals surface area contributed by atoms with E-state index >= 15 is 0 Å². The number of amides is 1. The fraction of sp³-hybridized carbons (Fsp3) is 0.412. The quantitative estimate of drug-likeness (QED) is 0.860. The topological polar surface area (TPSA) is 94.1 Å². The second-order valence-electron chi connectivity index (χ2n) is 5.99. The monoisotopic (exact) mass is 366 g/mol. The van der Waals surface area contributed by atoms with Crippen LogP contribution in [0.4, 0.5) is 0 Å². The second-order valence-corrected chi connectivity index (χ2v) is 7.94. The fourth-order valence-electron chi connectivity index (χ4n) is 2.80. The summed E-state index contributed by atoms with van der Waals surface area (Å²) in [5.41, 5.74) is 4.84. The molecule has 25 heavy (non-hydrogen) atoms. The minimum atomic E-state index is -3.51. The van der Waals surface area contributed by atoms with Crippen LogP contribution in [-0.2, 0) is 14.6 Å². The van der Waals surface area contributed by atoms with Gasteiger partial charge in [-0.3, -0.25) is 4.79 Å². The molecule has 1 unspecified atom stereocenters. The van der Waals surface area contributed by atoms with Crippen molar-refractivity contribution >= 4 is 27.5 Å². The first-order valence-electron chi connectivity index (χ1n) is 7.68. The van der Waals surface area contributed by atoms with Crippen LogP contribution >= 0.6 is 0 Å². The summed E-state index contributed by atoms with van der Waals surface area (Å²) in [4.78, 5) is 11.4. The molecule has 1 atom stereocenters. The lowest BCUT2D eigenvalue weighted by atomic mass is 9.93. The predicted octanol–water partition coefficient (Wildman–Crippen LogP) is 2.02. The van der Waals surface area contributed by atoms with Crippen molar-refractivity contribution in [3.8, 4) is 11.5 Å². The Labute approximate surface area is 147 Å². The molecular formula is C17H22N2O5S. The van der Waals surface area contributed by atoms with E-state index in [-0.39, 0.29) is 28.2 Å². The van der Waals surface area contributed by atoms with Crippen molar-refractivity contribution in [3.63, 3.8) is 0 Å². The number of hydrogen-bond donors (Lipinski definition) is 1. The molecule has 1 amide bonds. The van der Waals surface area contributed by atoms with E-state index in [0.717, 1.165) is 17.5 Å². The summed E-state index contributed by atoms with van der Waals surface area (Å²) in [6, 6.07) is 3.27. The van der Waals surface area contributed by atoms with Gasteiger partial charge in [-0.1, -0.05) is 6.92 Å². The standard InChI is InChI=1S/C17H22N2O5S/c1-10(16-11(2)7-15(20)18-19-16)6-12-8-13(23-3)17(25(5,21)22)14(9-12)24-4/h6,8-9,11H,7H2,1-5H3,(H,18,20). The van der Waals surface area contributed by atoms with Crippen molar-refractivity contribution in [1.29, 1.82) is 0 Å². The molecule has 0 aliphatic carbocycles. The maximum absolute atomic E-state index is 12.0. The van der Waals surface area contributed by atoms with Gasteiger partial charge in [0.05, 0.1) is 19.9 Å². The van der Waals surface area contributed by atoms with E-state index in [4.69, 9.17) is 9.47 Å². The number of sulfone groups is 1. The van der Waals surface area contributed by atoms with Gasteiger partial charge in [0.15, 0.2) is 14.7 Å². The summed E-state index contributed by atoms with van der Waals surface area (Å²) in [5.74, 6) is 0.328. The van der Waals surface area contributed by atoms with Gasteiger partial charge in [-0.25, -0.2) is 13.8 Å². The second kappa shape index (κ2) is 7.26. The lowest BCUT2D eigenvalue weighted by Crippen LogP contribution is -2.31. The number of allylic oxidation sites excluding steroid dienone is 1. The molecular weight excluding hydrogens is 344 g/mol. The van der Waals surface area contributed by atoms with Crippen molar-refractivity contribution in [3.05, 3.63) is 23.3 Å². The zero-order chi connectivity index (χ0) is 18.8. The molecule has 0 fully saturated rings. The summed E-state index contributed by atoms with van der Waals surface area (Å²) < 4.78 is 34.5. The van der Waals surface area contributed by atoms with Gasteiger partial charge in [-0.2, -0.15) is 5.10 Å². The highest BCUT2D eigenvalue weighted by Crippen LogP contribution is 2.35. The molecule has 0 spiro atoms. The Morgan fingerprint density at radius 3 is 2.28 bits per heavy atom. The SMILES string of the molecule is COc1cc(C=C(C)C2=NNC(=O)CC2C)cc(OC)c1S(C)(=O)=O. The van der Waals surface area contributed by atoms with Gasteiger partial charge < -0.3 is 9.47 Å². The smallest absolute Gasteiger partial charge is 0.240 e. The third-order valence-corrected chi connectivity index (χ3v) is 5.04. The zero-order valence-corrected chi connectivity index (χ0v) is 15.7. The van der Waals surface area contributed by atoms with Crippen molar-refractivity contribution < 1.29 is 22.7 Å². The first-order chi connectivity index (χ1) is 11.7. The number of hydrazone groups is 1. The van der Waals surface area contributed by atoms with E-state index in [9.17, 15) is 13.2 Å². The van der Waals surface area contributed by atoms with Gasteiger partial charge in [-0.05, 0) is 36.3 Å². The Bertz CT molecular complexity index is 831. The van der Waals surface area contributed by atoms with Gasteiger partial charge >= 0.3 is 0 Å². The highest BCUT2D eigenvalue weighted by Gasteiger charge is 2.23. The number of benzene rings is 1. The molecule has 0 saturated heterocycles. The maximum Gasteiger partial charge on any atom is 0.240 e. The highest BCUT2D eigenvalue weighted by molar-refractivity contribution is 7.91. The molecule has 0 aromatic heterocycles. The number of hydrogen-bond acceptors (Lipinski definition) is 6. The van der Waals surface area contributed by atoms with E-state index in [0.29, 0.717) is 12.0 Å². The van der Waals surface area contributed by atoms with Crippen LogP contribution in [0.15, 0.2) is 27.7 Å². The number of nitrogens with zero attached hydrogens (tertiary/aromatic N) is 1. The average Bonchev–Trinajstić information content (AvgIpc) is 2.52. The molecule has 1 heterocycles. The molecule has 1 aromatic rings. The van der Waals surface area contributed by atoms with Crippen LogP contribution in [0, 0.1) is 5.92 Å². The number of carbonyl (C=O) groups is 1. The van der Waals surface area contributed by atoms with Gasteiger partial charge in [0.25, 0.3) is 0 Å². The number of carbonyl (C=O) groups excluding carboxylic acids is 1. The van der Waals surface area contributed by atoms with Crippen LogP contribution in [-0.4, -0.2) is 40.5 Å². The number of ether oxygens (including phenoxy) is 2. The van der Waals surface area contributed by atoms with E-state index in [2.05, 4.69) is 10.5 Å². The third-order valence-electron chi connectivity index (χ3n) is 3.90. The van der Waals surface area contributed by atoms with Crippen molar-refractivity contribution in [2.24, 2.45) is 11.0 Å². The Morgan fingerprint density at radius 2 is 1.84 bits per heavy atom. The first-order valence-corrected chi connectivity index (χ1v) is 9.57. The number of methoxy groups -OCH3 is 2. The average molecular weight is 366 g/mol. The summed E-state index contributed by atoms with van der Waals surface area (Å²) in [7, 11) is -0.692. The van der Waals surface area contributed by atoms with E-state index in [1.54, 1.807) is 12.1 Å². The number of nitrogens with one attached hydrogen (secondary N) is 1. The summed E-state index contributed by atoms with van der Waals surface area (Å²) in [6.45, 7) is 3.82. The number of rotatable bonds is 5.